The summed E-state index contributed by atoms with van der Waals surface area (Å²) in [7, 11) is 3.11. The average Bonchev–Trinajstić information content (AvgIpc) is 2.25. The van der Waals surface area contributed by atoms with Gasteiger partial charge in [-0.3, -0.25) is 0 Å². The highest BCUT2D eigenvalue weighted by Crippen LogP contribution is 2.30. The second-order valence-electron chi connectivity index (χ2n) is 2.53. The topological polar surface area (TPSA) is 27.7 Å². The predicted molar refractivity (Wildman–Crippen MR) is 53.4 cm³/mol. The Morgan fingerprint density at radius 1 is 1.36 bits per heavy atom. The van der Waals surface area contributed by atoms with Crippen molar-refractivity contribution in [2.75, 3.05) is 21.0 Å². The highest BCUT2D eigenvalue weighted by molar-refractivity contribution is 5.53. The fourth-order valence-electron chi connectivity index (χ4n) is 1.06. The Morgan fingerprint density at radius 2 is 2.14 bits per heavy atom. The van der Waals surface area contributed by atoms with Gasteiger partial charge >= 0.3 is 0 Å². The van der Waals surface area contributed by atoms with Crippen molar-refractivity contribution >= 4 is 0 Å². The predicted octanol–water partition coefficient (Wildman–Crippen LogP) is 1.66. The smallest absolute Gasteiger partial charge is 0.188 e. The summed E-state index contributed by atoms with van der Waals surface area (Å²) in [6.45, 7) is 0.148. The van der Waals surface area contributed by atoms with Crippen LogP contribution >= 0.6 is 0 Å². The van der Waals surface area contributed by atoms with Crippen LogP contribution in [0.3, 0.4) is 0 Å². The molecule has 3 heteroatoms. The van der Waals surface area contributed by atoms with Gasteiger partial charge in [0.25, 0.3) is 0 Å². The third-order valence-electron chi connectivity index (χ3n) is 1.68. The number of methoxy groups -OCH3 is 2. The molecule has 0 amide bonds. The molecule has 14 heavy (non-hydrogen) atoms. The van der Waals surface area contributed by atoms with Gasteiger partial charge in [0, 0.05) is 7.11 Å². The molecular weight excluding hydrogens is 180 g/mol. The van der Waals surface area contributed by atoms with Crippen molar-refractivity contribution in [2.45, 2.75) is 0 Å². The Kier molecular flexibility index (Phi) is 3.84. The first-order valence-electron chi connectivity index (χ1n) is 4.08. The van der Waals surface area contributed by atoms with Gasteiger partial charge in [0.2, 0.25) is 0 Å². The van der Waals surface area contributed by atoms with E-state index < -0.39 is 0 Å². The SMILES string of the molecule is C#Cc1cccc(OC)c1OCOC. The molecule has 0 aliphatic carbocycles. The number of ether oxygens (including phenoxy) is 3. The Bertz CT molecular complexity index is 339. The van der Waals surface area contributed by atoms with Crippen LogP contribution in [0.25, 0.3) is 0 Å². The molecule has 0 spiro atoms. The molecule has 0 aliphatic heterocycles. The van der Waals surface area contributed by atoms with E-state index >= 15 is 0 Å². The molecule has 0 heterocycles. The molecule has 0 saturated heterocycles. The fourth-order valence-corrected chi connectivity index (χ4v) is 1.06. The van der Waals surface area contributed by atoms with E-state index in [1.165, 1.54) is 0 Å². The summed E-state index contributed by atoms with van der Waals surface area (Å²) in [4.78, 5) is 0. The molecule has 74 valence electrons. The van der Waals surface area contributed by atoms with Crippen molar-refractivity contribution in [3.8, 4) is 23.8 Å². The van der Waals surface area contributed by atoms with Crippen molar-refractivity contribution in [2.24, 2.45) is 0 Å². The van der Waals surface area contributed by atoms with Gasteiger partial charge in [0.1, 0.15) is 0 Å². The number of rotatable bonds is 4. The van der Waals surface area contributed by atoms with Crippen LogP contribution in [0.2, 0.25) is 0 Å². The summed E-state index contributed by atoms with van der Waals surface area (Å²) < 4.78 is 15.2. The first-order chi connectivity index (χ1) is 6.83. The van der Waals surface area contributed by atoms with Crippen molar-refractivity contribution in [3.05, 3.63) is 23.8 Å². The largest absolute Gasteiger partial charge is 0.493 e. The zero-order valence-corrected chi connectivity index (χ0v) is 8.24. The summed E-state index contributed by atoms with van der Waals surface area (Å²) in [6.07, 6.45) is 5.32. The maximum Gasteiger partial charge on any atom is 0.188 e. The van der Waals surface area contributed by atoms with E-state index in [-0.39, 0.29) is 6.79 Å². The van der Waals surface area contributed by atoms with Gasteiger partial charge in [-0.15, -0.1) is 6.42 Å². The third kappa shape index (κ3) is 2.18. The zero-order valence-electron chi connectivity index (χ0n) is 8.24. The molecule has 0 unspecified atom stereocenters. The minimum atomic E-state index is 0.148. The van der Waals surface area contributed by atoms with Gasteiger partial charge in [0.05, 0.1) is 12.7 Å². The highest BCUT2D eigenvalue weighted by Gasteiger charge is 2.08. The molecule has 0 radical (unpaired) electrons. The van der Waals surface area contributed by atoms with Gasteiger partial charge in [-0.2, -0.15) is 0 Å². The Hall–Kier alpha value is -1.66. The molecule has 3 nitrogen and oxygen atoms in total. The van der Waals surface area contributed by atoms with E-state index in [9.17, 15) is 0 Å². The van der Waals surface area contributed by atoms with Crippen LogP contribution < -0.4 is 9.47 Å². The maximum atomic E-state index is 5.32. The highest BCUT2D eigenvalue weighted by atomic mass is 16.7. The first kappa shape index (κ1) is 10.4. The van der Waals surface area contributed by atoms with Gasteiger partial charge in [-0.1, -0.05) is 12.0 Å². The summed E-state index contributed by atoms with van der Waals surface area (Å²) in [5.41, 5.74) is 0.654. The Morgan fingerprint density at radius 3 is 2.71 bits per heavy atom. The quantitative estimate of drug-likeness (QED) is 0.536. The Labute approximate surface area is 83.6 Å². The summed E-state index contributed by atoms with van der Waals surface area (Å²) in [6, 6.07) is 5.38. The van der Waals surface area contributed by atoms with E-state index in [1.807, 2.05) is 6.07 Å². The lowest BCUT2D eigenvalue weighted by atomic mass is 10.2. The summed E-state index contributed by atoms with van der Waals surface area (Å²) >= 11 is 0. The zero-order chi connectivity index (χ0) is 10.4. The number of hydrogen-bond acceptors (Lipinski definition) is 3. The van der Waals surface area contributed by atoms with Crippen molar-refractivity contribution in [1.29, 1.82) is 0 Å². The lowest BCUT2D eigenvalue weighted by molar-refractivity contribution is 0.0489. The molecule has 0 atom stereocenters. The van der Waals surface area contributed by atoms with Crippen LogP contribution in [-0.2, 0) is 4.74 Å². The van der Waals surface area contributed by atoms with Gasteiger partial charge < -0.3 is 14.2 Å². The second-order valence-corrected chi connectivity index (χ2v) is 2.53. The van der Waals surface area contributed by atoms with Crippen LogP contribution in [0, 0.1) is 12.3 Å². The van der Waals surface area contributed by atoms with E-state index in [1.54, 1.807) is 26.4 Å². The van der Waals surface area contributed by atoms with Crippen molar-refractivity contribution in [1.82, 2.24) is 0 Å². The molecule has 0 aromatic heterocycles. The lowest BCUT2D eigenvalue weighted by Gasteiger charge is -2.11. The number of terminal acetylenes is 1. The van der Waals surface area contributed by atoms with Crippen molar-refractivity contribution in [3.63, 3.8) is 0 Å². The number of benzene rings is 1. The first-order valence-corrected chi connectivity index (χ1v) is 4.08. The van der Waals surface area contributed by atoms with E-state index in [0.29, 0.717) is 17.1 Å². The number of hydrogen-bond donors (Lipinski definition) is 0. The second kappa shape index (κ2) is 5.15. The molecule has 0 fully saturated rings. The minimum Gasteiger partial charge on any atom is -0.493 e. The molecule has 0 bridgehead atoms. The monoisotopic (exact) mass is 192 g/mol. The van der Waals surface area contributed by atoms with Crippen LogP contribution in [0.5, 0.6) is 11.5 Å². The molecular formula is C11H12O3. The van der Waals surface area contributed by atoms with Crippen LogP contribution in [-0.4, -0.2) is 21.0 Å². The van der Waals surface area contributed by atoms with Crippen LogP contribution in [0.15, 0.2) is 18.2 Å². The van der Waals surface area contributed by atoms with Gasteiger partial charge in [-0.05, 0) is 12.1 Å². The van der Waals surface area contributed by atoms with Crippen LogP contribution in [0.1, 0.15) is 5.56 Å². The maximum absolute atomic E-state index is 5.32. The molecule has 0 N–H and O–H groups in total. The fraction of sp³-hybridized carbons (Fsp3) is 0.273. The van der Waals surface area contributed by atoms with Crippen molar-refractivity contribution < 1.29 is 14.2 Å². The Balaban J connectivity index is 3.01. The molecule has 0 aliphatic rings. The van der Waals surface area contributed by atoms with E-state index in [2.05, 4.69) is 5.92 Å². The van der Waals surface area contributed by atoms with Gasteiger partial charge in [0.15, 0.2) is 18.3 Å². The third-order valence-corrected chi connectivity index (χ3v) is 1.68. The lowest BCUT2D eigenvalue weighted by Crippen LogP contribution is -2.02. The van der Waals surface area contributed by atoms with E-state index in [0.717, 1.165) is 0 Å². The van der Waals surface area contributed by atoms with Crippen LogP contribution in [0.4, 0.5) is 0 Å². The molecule has 1 rings (SSSR count). The molecule has 1 aromatic carbocycles. The normalized spacial score (nSPS) is 9.21. The van der Waals surface area contributed by atoms with Gasteiger partial charge in [-0.25, -0.2) is 0 Å². The molecule has 1 aromatic rings. The average molecular weight is 192 g/mol. The minimum absolute atomic E-state index is 0.148. The van der Waals surface area contributed by atoms with E-state index in [4.69, 9.17) is 20.6 Å². The summed E-state index contributed by atoms with van der Waals surface area (Å²) in [5, 5.41) is 0. The number of para-hydroxylation sites is 1. The molecule has 0 saturated carbocycles. The summed E-state index contributed by atoms with van der Waals surface area (Å²) in [5.74, 6) is 3.67. The standard InChI is InChI=1S/C11H12O3/c1-4-9-6-5-7-10(13-3)11(9)14-8-12-2/h1,5-7H,8H2,2-3H3.